The third kappa shape index (κ3) is 5.48. The zero-order valence-corrected chi connectivity index (χ0v) is 17.4. The Morgan fingerprint density at radius 2 is 1.93 bits per heavy atom. The van der Waals surface area contributed by atoms with Crippen molar-refractivity contribution >= 4 is 40.6 Å². The molecule has 0 bridgehead atoms. The third-order valence-corrected chi connectivity index (χ3v) is 4.50. The summed E-state index contributed by atoms with van der Waals surface area (Å²) in [4.78, 5) is 20.5. The van der Waals surface area contributed by atoms with E-state index in [1.807, 2.05) is 25.1 Å². The zero-order chi connectivity index (χ0) is 21.5. The maximum atomic E-state index is 11.5. The molecule has 0 saturated carbocycles. The molecule has 1 aliphatic heterocycles. The number of amides is 1. The number of hydrogen-bond donors (Lipinski definition) is 3. The van der Waals surface area contributed by atoms with E-state index in [-0.39, 0.29) is 5.91 Å². The minimum absolute atomic E-state index is 0.0244. The minimum atomic E-state index is -0.750. The predicted molar refractivity (Wildman–Crippen MR) is 116 cm³/mol. The lowest BCUT2D eigenvalue weighted by molar-refractivity contribution is -0.115. The molecule has 9 heteroatoms. The van der Waals surface area contributed by atoms with E-state index in [0.717, 1.165) is 28.3 Å². The van der Waals surface area contributed by atoms with Crippen molar-refractivity contribution in [2.24, 2.45) is 0 Å². The van der Waals surface area contributed by atoms with Gasteiger partial charge in [-0.05, 0) is 43.2 Å². The molecule has 3 aromatic rings. The summed E-state index contributed by atoms with van der Waals surface area (Å²) in [5, 5.41) is 9.44. The molecule has 0 atom stereocenters. The highest BCUT2D eigenvalue weighted by Gasteiger charge is 2.17. The first-order chi connectivity index (χ1) is 14.5. The predicted octanol–water partition coefficient (Wildman–Crippen LogP) is 3.27. The number of carbonyl (C=O) groups excluding carboxylic acids is 1. The molecule has 1 aromatic heterocycles. The average molecular weight is 423 g/mol. The van der Waals surface area contributed by atoms with E-state index < -0.39 is 11.6 Å². The number of aromatic nitrogens is 2. The molecule has 154 valence electrons. The van der Waals surface area contributed by atoms with Crippen LogP contribution in [0.4, 0.5) is 23.1 Å². The van der Waals surface area contributed by atoms with Crippen LogP contribution in [0.1, 0.15) is 22.3 Å². The van der Waals surface area contributed by atoms with Crippen LogP contribution in [0, 0.1) is 13.8 Å². The first kappa shape index (κ1) is 21.1. The SMILES string of the molecule is Cc1cccc(CNc2nc(Nc3ccc4c(c3)CC(=O)N4)ncc2C)c1.O=S=O. The van der Waals surface area contributed by atoms with E-state index in [4.69, 9.17) is 8.42 Å². The van der Waals surface area contributed by atoms with Gasteiger partial charge >= 0.3 is 11.6 Å². The largest absolute Gasteiger partial charge is 0.366 e. The first-order valence-corrected chi connectivity index (χ1v) is 9.90. The molecule has 0 fully saturated rings. The molecule has 1 amide bonds. The van der Waals surface area contributed by atoms with Crippen molar-refractivity contribution in [1.82, 2.24) is 9.97 Å². The highest BCUT2D eigenvalue weighted by atomic mass is 32.1. The molecule has 30 heavy (non-hydrogen) atoms. The quantitative estimate of drug-likeness (QED) is 0.577. The van der Waals surface area contributed by atoms with Crippen molar-refractivity contribution in [1.29, 1.82) is 0 Å². The normalized spacial score (nSPS) is 11.6. The van der Waals surface area contributed by atoms with Crippen LogP contribution in [-0.4, -0.2) is 24.3 Å². The van der Waals surface area contributed by atoms with Gasteiger partial charge in [-0.1, -0.05) is 29.8 Å². The van der Waals surface area contributed by atoms with Gasteiger partial charge in [-0.15, -0.1) is 0 Å². The summed E-state index contributed by atoms with van der Waals surface area (Å²) in [5.41, 5.74) is 6.14. The molecule has 1 aliphatic rings. The van der Waals surface area contributed by atoms with Crippen LogP contribution in [0.2, 0.25) is 0 Å². The standard InChI is InChI=1S/C21H21N5O.O2S/c1-13-4-3-5-15(8-13)12-22-20-14(2)11-23-21(26-20)24-17-6-7-18-16(9-17)10-19(27)25-18;1-3-2/h3-9,11H,10,12H2,1-2H3,(H,25,27)(H2,22,23,24,26);. The highest BCUT2D eigenvalue weighted by Crippen LogP contribution is 2.27. The van der Waals surface area contributed by atoms with E-state index in [0.29, 0.717) is 18.9 Å². The molecule has 0 saturated heterocycles. The number of fused-ring (bicyclic) bond motifs is 1. The van der Waals surface area contributed by atoms with Crippen LogP contribution < -0.4 is 16.0 Å². The van der Waals surface area contributed by atoms with Crippen LogP contribution in [0.25, 0.3) is 0 Å². The summed E-state index contributed by atoms with van der Waals surface area (Å²) in [5.74, 6) is 1.34. The van der Waals surface area contributed by atoms with Gasteiger partial charge in [0.2, 0.25) is 11.9 Å². The number of carbonyl (C=O) groups is 1. The smallest absolute Gasteiger partial charge is 0.335 e. The fraction of sp³-hybridized carbons (Fsp3) is 0.190. The summed E-state index contributed by atoms with van der Waals surface area (Å²) in [6.07, 6.45) is 2.20. The van der Waals surface area contributed by atoms with Gasteiger partial charge < -0.3 is 16.0 Å². The lowest BCUT2D eigenvalue weighted by Gasteiger charge is -2.12. The van der Waals surface area contributed by atoms with Crippen molar-refractivity contribution in [2.75, 3.05) is 16.0 Å². The number of hydrogen-bond acceptors (Lipinski definition) is 7. The number of benzene rings is 2. The van der Waals surface area contributed by atoms with Crippen LogP contribution in [0.5, 0.6) is 0 Å². The monoisotopic (exact) mass is 423 g/mol. The first-order valence-electron chi connectivity index (χ1n) is 9.23. The molecule has 0 radical (unpaired) electrons. The Kier molecular flexibility index (Phi) is 6.87. The second-order valence-corrected chi connectivity index (χ2v) is 6.99. The Labute approximate surface area is 177 Å². The van der Waals surface area contributed by atoms with E-state index in [1.165, 1.54) is 11.1 Å². The number of rotatable bonds is 5. The topological polar surface area (TPSA) is 113 Å². The molecule has 2 heterocycles. The zero-order valence-electron chi connectivity index (χ0n) is 16.6. The second kappa shape index (κ2) is 9.75. The van der Waals surface area contributed by atoms with Crippen molar-refractivity contribution < 1.29 is 13.2 Å². The number of nitrogens with one attached hydrogen (secondary N) is 3. The average Bonchev–Trinajstić information content (AvgIpc) is 3.08. The minimum Gasteiger partial charge on any atom is -0.366 e. The Bertz CT molecular complexity index is 1110. The Morgan fingerprint density at radius 1 is 1.13 bits per heavy atom. The summed E-state index contributed by atoms with van der Waals surface area (Å²) in [6.45, 7) is 4.77. The lowest BCUT2D eigenvalue weighted by atomic mass is 10.1. The maximum Gasteiger partial charge on any atom is 0.335 e. The van der Waals surface area contributed by atoms with Gasteiger partial charge in [-0.3, -0.25) is 4.79 Å². The summed E-state index contributed by atoms with van der Waals surface area (Å²) >= 11 is -0.750. The molecule has 4 rings (SSSR count). The Balaban J connectivity index is 0.000000806. The van der Waals surface area contributed by atoms with Gasteiger partial charge in [0.05, 0.1) is 6.42 Å². The van der Waals surface area contributed by atoms with E-state index in [9.17, 15) is 4.79 Å². The Morgan fingerprint density at radius 3 is 2.70 bits per heavy atom. The van der Waals surface area contributed by atoms with Crippen LogP contribution in [-0.2, 0) is 29.3 Å². The van der Waals surface area contributed by atoms with Gasteiger partial charge in [0.25, 0.3) is 0 Å². The summed E-state index contributed by atoms with van der Waals surface area (Å²) in [6, 6.07) is 14.1. The van der Waals surface area contributed by atoms with Gasteiger partial charge in [0, 0.05) is 29.7 Å². The van der Waals surface area contributed by atoms with Crippen molar-refractivity contribution in [3.05, 3.63) is 70.9 Å². The number of anilines is 4. The fourth-order valence-corrected chi connectivity index (χ4v) is 3.13. The van der Waals surface area contributed by atoms with Gasteiger partial charge in [0.15, 0.2) is 0 Å². The molecule has 0 aliphatic carbocycles. The van der Waals surface area contributed by atoms with Crippen LogP contribution in [0.15, 0.2) is 48.7 Å². The van der Waals surface area contributed by atoms with E-state index in [1.54, 1.807) is 6.20 Å². The van der Waals surface area contributed by atoms with Gasteiger partial charge in [-0.2, -0.15) is 13.4 Å². The van der Waals surface area contributed by atoms with E-state index in [2.05, 4.69) is 57.1 Å². The molecule has 0 spiro atoms. The fourth-order valence-electron chi connectivity index (χ4n) is 3.13. The number of nitrogens with zero attached hydrogens (tertiary/aromatic N) is 2. The molecular formula is C21H21N5O3S. The number of aryl methyl sites for hydroxylation is 2. The van der Waals surface area contributed by atoms with E-state index >= 15 is 0 Å². The highest BCUT2D eigenvalue weighted by molar-refractivity contribution is 7.51. The molecule has 0 unspecified atom stereocenters. The maximum absolute atomic E-state index is 11.5. The molecule has 8 nitrogen and oxygen atoms in total. The van der Waals surface area contributed by atoms with Crippen molar-refractivity contribution in [3.8, 4) is 0 Å². The lowest BCUT2D eigenvalue weighted by Crippen LogP contribution is -2.06. The van der Waals surface area contributed by atoms with Crippen LogP contribution >= 0.6 is 0 Å². The second-order valence-electron chi connectivity index (χ2n) is 6.86. The summed E-state index contributed by atoms with van der Waals surface area (Å²) in [7, 11) is 0. The van der Waals surface area contributed by atoms with Gasteiger partial charge in [0.1, 0.15) is 5.82 Å². The van der Waals surface area contributed by atoms with Crippen molar-refractivity contribution in [3.63, 3.8) is 0 Å². The summed E-state index contributed by atoms with van der Waals surface area (Å²) < 4.78 is 16.6. The van der Waals surface area contributed by atoms with Gasteiger partial charge in [-0.25, -0.2) is 4.98 Å². The molecular weight excluding hydrogens is 402 g/mol. The van der Waals surface area contributed by atoms with Crippen LogP contribution in [0.3, 0.4) is 0 Å². The molecule has 3 N–H and O–H groups in total. The third-order valence-electron chi connectivity index (χ3n) is 4.50. The van der Waals surface area contributed by atoms with Crippen molar-refractivity contribution in [2.45, 2.75) is 26.8 Å². The Hall–Kier alpha value is -3.59. The molecule has 2 aromatic carbocycles.